The quantitative estimate of drug-likeness (QED) is 0.401. The molecule has 1 unspecified atom stereocenters. The van der Waals surface area contributed by atoms with Crippen molar-refractivity contribution in [2.24, 2.45) is 0 Å². The summed E-state index contributed by atoms with van der Waals surface area (Å²) in [5, 5.41) is 0. The van der Waals surface area contributed by atoms with Gasteiger partial charge in [0.05, 0.1) is 4.73 Å². The van der Waals surface area contributed by atoms with Crippen molar-refractivity contribution in [1.82, 2.24) is 0 Å². The van der Waals surface area contributed by atoms with Crippen LogP contribution in [0, 0.1) is 0 Å². The molecule has 0 saturated heterocycles. The van der Waals surface area contributed by atoms with E-state index >= 15 is 0 Å². The van der Waals surface area contributed by atoms with Crippen molar-refractivity contribution in [3.8, 4) is 0 Å². The third-order valence-corrected chi connectivity index (χ3v) is 0.747. The molecule has 0 bridgehead atoms. The summed E-state index contributed by atoms with van der Waals surface area (Å²) in [7, 11) is -2.23. The Labute approximate surface area is 44.2 Å². The molecule has 0 heterocycles. The molecule has 0 aliphatic heterocycles. The van der Waals surface area contributed by atoms with Gasteiger partial charge in [-0.25, -0.2) is 0 Å². The Morgan fingerprint density at radius 1 is 1.67 bits per heavy atom. The van der Waals surface area contributed by atoms with Gasteiger partial charge in [0.2, 0.25) is 0 Å². The van der Waals surface area contributed by atoms with Gasteiger partial charge in [-0.3, -0.25) is 8.63 Å². The van der Waals surface area contributed by atoms with Crippen LogP contribution in [-0.2, 0) is 0 Å². The van der Waals surface area contributed by atoms with E-state index in [0.717, 1.165) is 0 Å². The lowest BCUT2D eigenvalue weighted by atomic mass is 9.95. The first kappa shape index (κ1) is 6.40. The molecule has 0 N–H and O–H groups in total. The Morgan fingerprint density at radius 3 is 1.83 bits per heavy atom. The van der Waals surface area contributed by atoms with Crippen molar-refractivity contribution >= 4 is 23.2 Å². The van der Waals surface area contributed by atoms with Crippen molar-refractivity contribution in [3.05, 3.63) is 0 Å². The highest BCUT2D eigenvalue weighted by molar-refractivity contribution is 9.10. The molecule has 0 fully saturated rings. The highest BCUT2D eigenvalue weighted by Crippen LogP contribution is 2.03. The van der Waals surface area contributed by atoms with Gasteiger partial charge in [0.15, 0.2) is 0 Å². The van der Waals surface area contributed by atoms with Crippen LogP contribution in [0.1, 0.15) is 6.92 Å². The maximum absolute atomic E-state index is 11.1. The molecule has 0 amide bonds. The van der Waals surface area contributed by atoms with Crippen LogP contribution in [0.2, 0.25) is 0 Å². The summed E-state index contributed by atoms with van der Waals surface area (Å²) in [6, 6.07) is 0. The summed E-state index contributed by atoms with van der Waals surface area (Å²) >= 11 is 2.69. The summed E-state index contributed by atoms with van der Waals surface area (Å²) in [6.45, 7) is 1.41. The van der Waals surface area contributed by atoms with E-state index in [1.165, 1.54) is 6.92 Å². The number of alkyl halides is 1. The molecule has 0 nitrogen and oxygen atoms in total. The molecule has 0 aliphatic carbocycles. The lowest BCUT2D eigenvalue weighted by Crippen LogP contribution is -2.09. The molecule has 0 aromatic carbocycles. The largest absolute Gasteiger partial charge is 0.551 e. The number of rotatable bonds is 1. The zero-order chi connectivity index (χ0) is 5.15. The number of hydrogen-bond acceptors (Lipinski definition) is 0. The normalized spacial score (nSPS) is 14.0. The highest BCUT2D eigenvalue weighted by Gasteiger charge is 2.18. The van der Waals surface area contributed by atoms with Gasteiger partial charge < -0.3 is 0 Å². The maximum Gasteiger partial charge on any atom is 0.551 e. The Hall–Kier alpha value is 0.405. The molecule has 0 radical (unpaired) electrons. The summed E-state index contributed by atoms with van der Waals surface area (Å²) in [5.41, 5.74) is 0. The summed E-state index contributed by atoms with van der Waals surface area (Å²) in [4.78, 5) is 0. The zero-order valence-electron chi connectivity index (χ0n) is 3.29. The Morgan fingerprint density at radius 2 is 1.83 bits per heavy atom. The highest BCUT2D eigenvalue weighted by atomic mass is 79.9. The van der Waals surface area contributed by atoms with E-state index < -0.39 is 12.0 Å². The minimum absolute atomic E-state index is 0.669. The molecule has 0 spiro atoms. The Bertz CT molecular complexity index is 32.5. The van der Waals surface area contributed by atoms with Gasteiger partial charge >= 0.3 is 7.27 Å². The van der Waals surface area contributed by atoms with Crippen molar-refractivity contribution in [3.63, 3.8) is 0 Å². The predicted molar refractivity (Wildman–Crippen MR) is 26.4 cm³/mol. The van der Waals surface area contributed by atoms with Gasteiger partial charge in [0, 0.05) is 0 Å². The standard InChI is InChI=1S/C2H4BBrF2/c1-2(4)3(5)6/h2H,1H3. The first-order valence-electron chi connectivity index (χ1n) is 1.57. The minimum Gasteiger partial charge on any atom is -0.286 e. The van der Waals surface area contributed by atoms with Crippen molar-refractivity contribution in [1.29, 1.82) is 0 Å². The average molecular weight is 157 g/mol. The van der Waals surface area contributed by atoms with E-state index in [1.54, 1.807) is 0 Å². The third-order valence-electron chi connectivity index (χ3n) is 0.347. The van der Waals surface area contributed by atoms with Crippen LogP contribution < -0.4 is 0 Å². The maximum atomic E-state index is 11.1. The molecule has 0 aromatic rings. The van der Waals surface area contributed by atoms with Crippen molar-refractivity contribution < 1.29 is 8.63 Å². The van der Waals surface area contributed by atoms with Gasteiger partial charge in [0.25, 0.3) is 0 Å². The van der Waals surface area contributed by atoms with E-state index in [2.05, 4.69) is 15.9 Å². The van der Waals surface area contributed by atoms with Crippen LogP contribution in [0.5, 0.6) is 0 Å². The second-order valence-electron chi connectivity index (χ2n) is 1.01. The minimum atomic E-state index is -2.23. The van der Waals surface area contributed by atoms with E-state index in [0.29, 0.717) is 0 Å². The second-order valence-corrected chi connectivity index (χ2v) is 2.46. The summed E-state index contributed by atoms with van der Waals surface area (Å²) < 4.78 is 21.6. The fourth-order valence-corrected chi connectivity index (χ4v) is 0. The molecule has 36 valence electrons. The van der Waals surface area contributed by atoms with Crippen LogP contribution >= 0.6 is 15.9 Å². The van der Waals surface area contributed by atoms with E-state index in [9.17, 15) is 8.63 Å². The molecular weight excluding hydrogens is 153 g/mol. The van der Waals surface area contributed by atoms with Gasteiger partial charge in [-0.2, -0.15) is 0 Å². The fourth-order valence-electron chi connectivity index (χ4n) is 0. The van der Waals surface area contributed by atoms with Crippen LogP contribution in [0.25, 0.3) is 0 Å². The predicted octanol–water partition coefficient (Wildman–Crippen LogP) is 1.74. The van der Waals surface area contributed by atoms with Gasteiger partial charge in [-0.1, -0.05) is 22.9 Å². The molecule has 1 atom stereocenters. The molecule has 0 rings (SSSR count). The lowest BCUT2D eigenvalue weighted by molar-refractivity contribution is 0.654. The Balaban J connectivity index is 2.99. The summed E-state index contributed by atoms with van der Waals surface area (Å²) in [5.74, 6) is 0. The first-order chi connectivity index (χ1) is 2.64. The smallest absolute Gasteiger partial charge is 0.286 e. The van der Waals surface area contributed by atoms with Crippen LogP contribution in [-0.4, -0.2) is 12.0 Å². The molecular formula is C2H4BBrF2. The third kappa shape index (κ3) is 2.63. The summed E-state index contributed by atoms with van der Waals surface area (Å²) in [6.07, 6.45) is 0. The van der Waals surface area contributed by atoms with Gasteiger partial charge in [-0.05, 0) is 0 Å². The monoisotopic (exact) mass is 156 g/mol. The Kier molecular flexibility index (Phi) is 2.73. The molecule has 0 saturated carbocycles. The molecule has 6 heavy (non-hydrogen) atoms. The molecule has 0 aromatic heterocycles. The van der Waals surface area contributed by atoms with Crippen LogP contribution in [0.3, 0.4) is 0 Å². The first-order valence-corrected chi connectivity index (χ1v) is 2.48. The topological polar surface area (TPSA) is 0 Å². The number of halogens is 3. The molecule has 4 heteroatoms. The van der Waals surface area contributed by atoms with Crippen LogP contribution in [0.4, 0.5) is 8.63 Å². The lowest BCUT2D eigenvalue weighted by Gasteiger charge is -1.89. The fraction of sp³-hybridized carbons (Fsp3) is 1.00. The van der Waals surface area contributed by atoms with E-state index in [4.69, 9.17) is 0 Å². The van der Waals surface area contributed by atoms with Crippen molar-refractivity contribution in [2.75, 3.05) is 0 Å². The average Bonchev–Trinajstić information content (AvgIpc) is 1.36. The van der Waals surface area contributed by atoms with Crippen molar-refractivity contribution in [2.45, 2.75) is 11.7 Å². The van der Waals surface area contributed by atoms with E-state index in [-0.39, 0.29) is 0 Å². The second kappa shape index (κ2) is 2.56. The van der Waals surface area contributed by atoms with Crippen LogP contribution in [0.15, 0.2) is 0 Å². The van der Waals surface area contributed by atoms with Gasteiger partial charge in [0.1, 0.15) is 0 Å². The zero-order valence-corrected chi connectivity index (χ0v) is 4.87. The van der Waals surface area contributed by atoms with Gasteiger partial charge in [-0.15, -0.1) is 0 Å². The molecule has 0 aliphatic rings. The number of hydrogen-bond donors (Lipinski definition) is 0. The SMILES string of the molecule is CC(Br)B(F)F. The van der Waals surface area contributed by atoms with E-state index in [1.807, 2.05) is 0 Å².